The molecule has 3 N–H and O–H groups in total. The number of carbonyl (C=O) groups is 2. The Morgan fingerprint density at radius 3 is 2.69 bits per heavy atom. The maximum Gasteiger partial charge on any atom is 0.237 e. The van der Waals surface area contributed by atoms with E-state index in [2.05, 4.69) is 10.3 Å². The number of aliphatic imine (C=N–C) groups is 1. The molecule has 1 aromatic carbocycles. The molecule has 8 heteroatoms. The molecule has 26 heavy (non-hydrogen) atoms. The topological polar surface area (TPSA) is 97.0 Å². The number of nitrogens with one attached hydrogen (secondary N) is 1. The third kappa shape index (κ3) is 2.05. The molecule has 0 aromatic heterocycles. The number of ether oxygens (including phenoxy) is 1. The Bertz CT molecular complexity index is 866. The normalized spacial score (nSPS) is 31.6. The Hall–Kier alpha value is -2.48. The van der Waals surface area contributed by atoms with E-state index in [9.17, 15) is 14.0 Å². The van der Waals surface area contributed by atoms with Gasteiger partial charge in [0.2, 0.25) is 11.8 Å². The van der Waals surface area contributed by atoms with Crippen LogP contribution in [0.5, 0.6) is 0 Å². The lowest BCUT2D eigenvalue weighted by atomic mass is 9.87. The van der Waals surface area contributed by atoms with Crippen LogP contribution in [-0.2, 0) is 19.9 Å². The summed E-state index contributed by atoms with van der Waals surface area (Å²) in [6.45, 7) is 4.29. The van der Waals surface area contributed by atoms with Crippen molar-refractivity contribution in [3.05, 3.63) is 29.6 Å². The lowest BCUT2D eigenvalue weighted by molar-refractivity contribution is -0.151. The molecule has 7 nitrogen and oxygen atoms in total. The minimum atomic E-state index is -1.02. The van der Waals surface area contributed by atoms with E-state index in [1.54, 1.807) is 20.0 Å². The monoisotopic (exact) mass is 360 g/mol. The Balaban J connectivity index is 1.70. The minimum Gasteiger partial charge on any atom is -0.379 e. The third-order valence-electron chi connectivity index (χ3n) is 5.88. The van der Waals surface area contributed by atoms with Gasteiger partial charge in [-0.25, -0.2) is 9.38 Å². The molecule has 3 aliphatic rings. The highest BCUT2D eigenvalue weighted by atomic mass is 19.1. The maximum absolute atomic E-state index is 14.6. The van der Waals surface area contributed by atoms with Crippen LogP contribution in [0.2, 0.25) is 0 Å². The van der Waals surface area contributed by atoms with Crippen LogP contribution in [0.4, 0.5) is 10.1 Å². The first kappa shape index (κ1) is 17.0. The fraction of sp³-hybridized carbons (Fsp3) is 0.500. The van der Waals surface area contributed by atoms with Crippen molar-refractivity contribution in [2.75, 3.05) is 25.6 Å². The summed E-state index contributed by atoms with van der Waals surface area (Å²) in [5.74, 6) is -0.769. The molecule has 2 heterocycles. The average molecular weight is 360 g/mol. The summed E-state index contributed by atoms with van der Waals surface area (Å²) in [6, 6.07) is 4.34. The predicted octanol–water partition coefficient (Wildman–Crippen LogP) is 1.19. The summed E-state index contributed by atoms with van der Waals surface area (Å²) in [6.07, 6.45) is 0.379. The van der Waals surface area contributed by atoms with Gasteiger partial charge in [-0.05, 0) is 38.5 Å². The second-order valence-corrected chi connectivity index (χ2v) is 7.91. The summed E-state index contributed by atoms with van der Waals surface area (Å²) < 4.78 is 19.7. The van der Waals surface area contributed by atoms with E-state index in [0.29, 0.717) is 25.3 Å². The van der Waals surface area contributed by atoms with E-state index >= 15 is 0 Å². The predicted molar refractivity (Wildman–Crippen MR) is 92.8 cm³/mol. The van der Waals surface area contributed by atoms with Crippen molar-refractivity contribution >= 4 is 23.5 Å². The van der Waals surface area contributed by atoms with Crippen LogP contribution in [0.25, 0.3) is 0 Å². The Morgan fingerprint density at radius 2 is 2.08 bits per heavy atom. The molecule has 1 saturated carbocycles. The van der Waals surface area contributed by atoms with Gasteiger partial charge in [-0.15, -0.1) is 0 Å². The van der Waals surface area contributed by atoms with Crippen molar-refractivity contribution in [3.8, 4) is 0 Å². The van der Waals surface area contributed by atoms with Crippen molar-refractivity contribution in [3.63, 3.8) is 0 Å². The van der Waals surface area contributed by atoms with Crippen LogP contribution >= 0.6 is 0 Å². The van der Waals surface area contributed by atoms with Gasteiger partial charge >= 0.3 is 0 Å². The number of rotatable bonds is 3. The largest absolute Gasteiger partial charge is 0.379 e. The molecule has 0 radical (unpaired) electrons. The van der Waals surface area contributed by atoms with Gasteiger partial charge in [0.25, 0.3) is 0 Å². The molecule has 2 aliphatic heterocycles. The fourth-order valence-electron chi connectivity index (χ4n) is 3.82. The molecule has 4 rings (SSSR count). The molecule has 1 aliphatic carbocycles. The van der Waals surface area contributed by atoms with E-state index in [1.807, 2.05) is 6.92 Å². The van der Waals surface area contributed by atoms with Gasteiger partial charge < -0.3 is 15.8 Å². The van der Waals surface area contributed by atoms with Crippen LogP contribution in [-0.4, -0.2) is 42.9 Å². The van der Waals surface area contributed by atoms with Gasteiger partial charge in [-0.1, -0.05) is 0 Å². The molecule has 0 spiro atoms. The van der Waals surface area contributed by atoms with E-state index in [0.717, 1.165) is 0 Å². The number of benzene rings is 1. The van der Waals surface area contributed by atoms with Crippen molar-refractivity contribution in [1.29, 1.82) is 0 Å². The van der Waals surface area contributed by atoms with Gasteiger partial charge in [0.05, 0.1) is 24.0 Å². The minimum absolute atomic E-state index is 0.0675. The zero-order chi connectivity index (χ0) is 18.9. The molecule has 2 atom stereocenters. The molecule has 1 saturated heterocycles. The van der Waals surface area contributed by atoms with Crippen LogP contribution in [0.1, 0.15) is 25.8 Å². The van der Waals surface area contributed by atoms with Gasteiger partial charge in [0, 0.05) is 18.3 Å². The summed E-state index contributed by atoms with van der Waals surface area (Å²) in [4.78, 5) is 30.7. The van der Waals surface area contributed by atoms with E-state index in [4.69, 9.17) is 10.5 Å². The first-order valence-electron chi connectivity index (χ1n) is 8.46. The number of hydrogen-bond acceptors (Lipinski definition) is 5. The summed E-state index contributed by atoms with van der Waals surface area (Å²) in [5.41, 5.74) is 4.18. The fourth-order valence-corrected chi connectivity index (χ4v) is 3.82. The Labute approximate surface area is 150 Å². The second-order valence-electron chi connectivity index (χ2n) is 7.91. The van der Waals surface area contributed by atoms with Crippen molar-refractivity contribution in [1.82, 2.24) is 4.90 Å². The van der Waals surface area contributed by atoms with E-state index in [1.165, 1.54) is 17.0 Å². The Kier molecular flexibility index (Phi) is 3.28. The van der Waals surface area contributed by atoms with Crippen LogP contribution in [0.15, 0.2) is 23.2 Å². The maximum atomic E-state index is 14.6. The number of nitrogens with zero attached hydrogens (tertiary/aromatic N) is 2. The lowest BCUT2D eigenvalue weighted by Gasteiger charge is -2.36. The van der Waals surface area contributed by atoms with Gasteiger partial charge in [0.15, 0.2) is 5.96 Å². The molecule has 1 aromatic rings. The van der Waals surface area contributed by atoms with Crippen molar-refractivity contribution in [2.45, 2.75) is 25.8 Å². The quantitative estimate of drug-likeness (QED) is 0.846. The number of nitrogens with two attached hydrogens (primary N) is 1. The molecule has 2 fully saturated rings. The van der Waals surface area contributed by atoms with Crippen molar-refractivity contribution in [2.24, 2.45) is 21.6 Å². The zero-order valence-corrected chi connectivity index (χ0v) is 14.9. The van der Waals surface area contributed by atoms with Gasteiger partial charge in [-0.2, -0.15) is 0 Å². The summed E-state index contributed by atoms with van der Waals surface area (Å²) in [5, 5.41) is 2.81. The first-order valence-corrected chi connectivity index (χ1v) is 8.46. The number of amides is 2. The smallest absolute Gasteiger partial charge is 0.237 e. The number of halogens is 1. The first-order chi connectivity index (χ1) is 12.1. The van der Waals surface area contributed by atoms with Crippen LogP contribution < -0.4 is 11.1 Å². The number of fused-ring (bicyclic) bond motifs is 1. The van der Waals surface area contributed by atoms with Crippen LogP contribution in [0.3, 0.4) is 0 Å². The summed E-state index contributed by atoms with van der Waals surface area (Å²) in [7, 11) is 1.56. The Morgan fingerprint density at radius 1 is 1.38 bits per heavy atom. The number of carbonyl (C=O) groups excluding carboxylic acids is 2. The van der Waals surface area contributed by atoms with E-state index < -0.39 is 22.2 Å². The molecule has 138 valence electrons. The molecule has 2 amide bonds. The SMILES string of the molecule is CN1C(=O)C2(C)C[C@]2(c2cc(NC(=O)C3(C)COC3)ccc2F)N=C1N. The highest BCUT2D eigenvalue weighted by Gasteiger charge is 2.74. The number of anilines is 1. The van der Waals surface area contributed by atoms with Crippen LogP contribution in [0, 0.1) is 16.6 Å². The molecule has 0 bridgehead atoms. The second kappa shape index (κ2) is 5.03. The van der Waals surface area contributed by atoms with Gasteiger partial charge in [-0.3, -0.25) is 14.5 Å². The van der Waals surface area contributed by atoms with E-state index in [-0.39, 0.29) is 23.3 Å². The standard InChI is InChI=1S/C18H21FN4O3/c1-16(8-26-9-16)13(24)21-10-4-5-12(19)11(6-10)18-7-17(18,2)14(25)23(3)15(20)22-18/h4-6H,7-9H2,1-3H3,(H2,20,22)(H,21,24)/t17?,18-/m1/s1. The molecular formula is C18H21FN4O3. The highest BCUT2D eigenvalue weighted by Crippen LogP contribution is 2.68. The lowest BCUT2D eigenvalue weighted by Crippen LogP contribution is -2.49. The zero-order valence-electron chi connectivity index (χ0n) is 14.9. The summed E-state index contributed by atoms with van der Waals surface area (Å²) >= 11 is 0. The average Bonchev–Trinajstić information content (AvgIpc) is 3.19. The van der Waals surface area contributed by atoms with Gasteiger partial charge in [0.1, 0.15) is 11.4 Å². The number of guanidine groups is 1. The molecular weight excluding hydrogens is 339 g/mol. The molecule has 1 unspecified atom stereocenters. The number of hydrogen-bond donors (Lipinski definition) is 2. The third-order valence-corrected chi connectivity index (χ3v) is 5.88. The van der Waals surface area contributed by atoms with Crippen molar-refractivity contribution < 1.29 is 18.7 Å². The highest BCUT2D eigenvalue weighted by molar-refractivity contribution is 6.04.